The van der Waals surface area contributed by atoms with Crippen LogP contribution in [0, 0.1) is 11.3 Å². The van der Waals surface area contributed by atoms with Crippen molar-refractivity contribution in [3.05, 3.63) is 59.3 Å². The largest absolute Gasteiger partial charge is 0.424 e. The summed E-state index contributed by atoms with van der Waals surface area (Å²) in [5, 5.41) is 20.6. The Bertz CT molecular complexity index is 1640. The van der Waals surface area contributed by atoms with Gasteiger partial charge in [0.2, 0.25) is 27.7 Å². The Balaban J connectivity index is 1.14. The summed E-state index contributed by atoms with van der Waals surface area (Å²) in [6.07, 6.45) is 2.50. The minimum atomic E-state index is -3.40. The predicted molar refractivity (Wildman–Crippen MR) is 135 cm³/mol. The van der Waals surface area contributed by atoms with E-state index in [9.17, 15) is 13.2 Å². The molecule has 1 aliphatic carbocycles. The third-order valence-electron chi connectivity index (χ3n) is 6.54. The smallest absolute Gasteiger partial charge is 0.243 e. The molecule has 2 aliphatic rings. The first-order chi connectivity index (χ1) is 17.8. The summed E-state index contributed by atoms with van der Waals surface area (Å²) in [7, 11) is -3.40. The van der Waals surface area contributed by atoms with Crippen molar-refractivity contribution in [3.8, 4) is 17.2 Å². The van der Waals surface area contributed by atoms with Crippen LogP contribution in [0.15, 0.2) is 51.8 Å². The summed E-state index contributed by atoms with van der Waals surface area (Å²) in [5.74, 6) is 0.250. The van der Waals surface area contributed by atoms with E-state index in [0.29, 0.717) is 43.1 Å². The lowest BCUT2D eigenvalue weighted by Gasteiger charge is -2.29. The number of hydrogen-bond acceptors (Lipinski definition) is 9. The fraction of sp³-hybridized carbons (Fsp3) is 0.320. The van der Waals surface area contributed by atoms with Gasteiger partial charge in [-0.1, -0.05) is 18.2 Å². The fourth-order valence-electron chi connectivity index (χ4n) is 4.12. The normalized spacial score (nSPS) is 16.7. The number of nitriles is 1. The SMILES string of the molecule is N#CC1(NC(=O)Cc2nnc(Cc3nc4ccc(-c5ccc(S(=O)(=O)N6CCC6)cc5)cc4s3)o2)CC1. The molecular formula is C25H22N6O4S2. The molecule has 1 aliphatic heterocycles. The van der Waals surface area contributed by atoms with Gasteiger partial charge in [-0.05, 0) is 54.7 Å². The van der Waals surface area contributed by atoms with E-state index >= 15 is 0 Å². The number of aromatic nitrogens is 3. The zero-order chi connectivity index (χ0) is 25.6. The Kier molecular flexibility index (Phi) is 5.78. The first-order valence-corrected chi connectivity index (χ1v) is 14.1. The van der Waals surface area contributed by atoms with Gasteiger partial charge in [-0.25, -0.2) is 13.4 Å². The second kappa shape index (κ2) is 9.02. The van der Waals surface area contributed by atoms with Crippen LogP contribution in [0.3, 0.4) is 0 Å². The van der Waals surface area contributed by atoms with Crippen LogP contribution in [0.1, 0.15) is 36.1 Å². The summed E-state index contributed by atoms with van der Waals surface area (Å²) in [6, 6.07) is 15.0. The molecule has 0 bridgehead atoms. The van der Waals surface area contributed by atoms with E-state index in [1.54, 1.807) is 12.1 Å². The van der Waals surface area contributed by atoms with Gasteiger partial charge < -0.3 is 9.73 Å². The Morgan fingerprint density at radius 2 is 1.84 bits per heavy atom. The van der Waals surface area contributed by atoms with Crippen molar-refractivity contribution in [2.75, 3.05) is 13.1 Å². The summed E-state index contributed by atoms with van der Waals surface area (Å²) in [5.41, 5.74) is 2.00. The first kappa shape index (κ1) is 23.7. The van der Waals surface area contributed by atoms with Gasteiger partial charge in [-0.2, -0.15) is 9.57 Å². The average molecular weight is 535 g/mol. The molecule has 10 nitrogen and oxygen atoms in total. The van der Waals surface area contributed by atoms with E-state index in [0.717, 1.165) is 32.8 Å². The van der Waals surface area contributed by atoms with Gasteiger partial charge in [0.05, 0.1) is 27.6 Å². The second-order valence-corrected chi connectivity index (χ2v) is 12.3. The number of thiazole rings is 1. The topological polar surface area (TPSA) is 142 Å². The number of rotatable bonds is 8. The molecule has 1 amide bonds. The van der Waals surface area contributed by atoms with E-state index in [4.69, 9.17) is 9.68 Å². The minimum absolute atomic E-state index is 0.0717. The highest BCUT2D eigenvalue weighted by atomic mass is 32.2. The molecule has 1 saturated heterocycles. The lowest BCUT2D eigenvalue weighted by Crippen LogP contribution is -2.41. The van der Waals surface area contributed by atoms with Crippen LogP contribution in [-0.2, 0) is 27.7 Å². The summed E-state index contributed by atoms with van der Waals surface area (Å²) >= 11 is 1.51. The van der Waals surface area contributed by atoms with Crippen molar-refractivity contribution >= 4 is 37.5 Å². The molecule has 188 valence electrons. The number of sulfonamides is 1. The van der Waals surface area contributed by atoms with Crippen molar-refractivity contribution in [3.63, 3.8) is 0 Å². The minimum Gasteiger partial charge on any atom is -0.424 e. The molecule has 3 heterocycles. The summed E-state index contributed by atoms with van der Waals surface area (Å²) in [4.78, 5) is 17.1. The number of nitrogens with one attached hydrogen (secondary N) is 1. The molecule has 2 fully saturated rings. The van der Waals surface area contributed by atoms with Crippen LogP contribution in [0.5, 0.6) is 0 Å². The Morgan fingerprint density at radius 3 is 2.51 bits per heavy atom. The molecule has 0 unspecified atom stereocenters. The molecule has 4 aromatic rings. The second-order valence-electron chi connectivity index (χ2n) is 9.26. The fourth-order valence-corrected chi connectivity index (χ4v) is 6.64. The maximum Gasteiger partial charge on any atom is 0.243 e. The van der Waals surface area contributed by atoms with Gasteiger partial charge in [0.1, 0.15) is 17.0 Å². The van der Waals surface area contributed by atoms with Crippen molar-refractivity contribution in [2.24, 2.45) is 0 Å². The lowest BCUT2D eigenvalue weighted by molar-refractivity contribution is -0.121. The molecule has 0 radical (unpaired) electrons. The van der Waals surface area contributed by atoms with Crippen LogP contribution in [0.2, 0.25) is 0 Å². The van der Waals surface area contributed by atoms with Gasteiger partial charge in [-0.3, -0.25) is 4.79 Å². The van der Waals surface area contributed by atoms with Crippen LogP contribution >= 0.6 is 11.3 Å². The number of carbonyl (C=O) groups excluding carboxylic acids is 1. The Morgan fingerprint density at radius 1 is 1.11 bits per heavy atom. The van der Waals surface area contributed by atoms with E-state index in [1.807, 2.05) is 30.3 Å². The third-order valence-corrected chi connectivity index (χ3v) is 9.47. The highest BCUT2D eigenvalue weighted by Gasteiger charge is 2.44. The number of amides is 1. The molecule has 1 saturated carbocycles. The zero-order valence-electron chi connectivity index (χ0n) is 19.7. The quantitative estimate of drug-likeness (QED) is 0.363. The molecule has 0 spiro atoms. The highest BCUT2D eigenvalue weighted by molar-refractivity contribution is 7.89. The predicted octanol–water partition coefficient (Wildman–Crippen LogP) is 3.05. The number of carbonyl (C=O) groups is 1. The highest BCUT2D eigenvalue weighted by Crippen LogP contribution is 2.34. The number of hydrogen-bond donors (Lipinski definition) is 1. The first-order valence-electron chi connectivity index (χ1n) is 11.9. The van der Waals surface area contributed by atoms with E-state index in [-0.39, 0.29) is 18.2 Å². The number of benzene rings is 2. The number of fused-ring (bicyclic) bond motifs is 1. The maximum absolute atomic E-state index is 12.6. The van der Waals surface area contributed by atoms with Crippen LogP contribution in [0.4, 0.5) is 0 Å². The van der Waals surface area contributed by atoms with Gasteiger partial charge in [0, 0.05) is 13.1 Å². The van der Waals surface area contributed by atoms with Crippen molar-refractivity contribution in [1.29, 1.82) is 5.26 Å². The average Bonchev–Trinajstić information content (AvgIpc) is 3.28. The molecule has 2 aromatic carbocycles. The summed E-state index contributed by atoms with van der Waals surface area (Å²) < 4.78 is 33.3. The maximum atomic E-state index is 12.6. The van der Waals surface area contributed by atoms with Crippen LogP contribution in [0.25, 0.3) is 21.3 Å². The van der Waals surface area contributed by atoms with Gasteiger partial charge in [0.15, 0.2) is 0 Å². The Hall–Kier alpha value is -3.66. The molecule has 1 N–H and O–H groups in total. The molecule has 6 rings (SSSR count). The summed E-state index contributed by atoms with van der Waals surface area (Å²) in [6.45, 7) is 1.16. The van der Waals surface area contributed by atoms with E-state index in [2.05, 4.69) is 26.6 Å². The van der Waals surface area contributed by atoms with Gasteiger partial charge >= 0.3 is 0 Å². The monoisotopic (exact) mass is 534 g/mol. The molecule has 0 atom stereocenters. The van der Waals surface area contributed by atoms with E-state index in [1.165, 1.54) is 15.6 Å². The van der Waals surface area contributed by atoms with E-state index < -0.39 is 15.6 Å². The lowest BCUT2D eigenvalue weighted by atomic mass is 10.1. The molecule has 2 aromatic heterocycles. The van der Waals surface area contributed by atoms with Crippen LogP contribution < -0.4 is 5.32 Å². The van der Waals surface area contributed by atoms with Crippen molar-refractivity contribution in [1.82, 2.24) is 24.8 Å². The number of nitrogens with zero attached hydrogens (tertiary/aromatic N) is 5. The van der Waals surface area contributed by atoms with Crippen molar-refractivity contribution in [2.45, 2.75) is 42.5 Å². The molecule has 37 heavy (non-hydrogen) atoms. The van der Waals surface area contributed by atoms with Gasteiger partial charge in [-0.15, -0.1) is 21.5 Å². The zero-order valence-corrected chi connectivity index (χ0v) is 21.3. The Labute approximate surface area is 217 Å². The third kappa shape index (κ3) is 4.73. The standard InChI is InChI=1S/C25H22N6O4S2/c26-15-25(8-9-25)28-21(32)13-22-29-30-23(35-22)14-24-27-19-7-4-17(12-20(19)36-24)16-2-5-18(6-3-16)37(33,34)31-10-1-11-31/h2-7,12H,1,8-11,13-14H2,(H,28,32). The molecular weight excluding hydrogens is 512 g/mol. The molecule has 12 heteroatoms. The van der Waals surface area contributed by atoms with Gasteiger partial charge in [0.25, 0.3) is 0 Å². The van der Waals surface area contributed by atoms with Crippen LogP contribution in [-0.4, -0.2) is 52.4 Å². The van der Waals surface area contributed by atoms with Crippen molar-refractivity contribution < 1.29 is 17.6 Å².